The Balaban J connectivity index is 2.02. The van der Waals surface area contributed by atoms with Gasteiger partial charge < -0.3 is 9.64 Å². The smallest absolute Gasteiger partial charge is 0.245 e. The lowest BCUT2D eigenvalue weighted by molar-refractivity contribution is 0.0925. The largest absolute Gasteiger partial charge is 0.377 e. The van der Waals surface area contributed by atoms with Crippen molar-refractivity contribution in [3.8, 4) is 0 Å². The van der Waals surface area contributed by atoms with Crippen LogP contribution in [0.2, 0.25) is 0 Å². The van der Waals surface area contributed by atoms with E-state index in [0.717, 1.165) is 18.4 Å². The lowest BCUT2D eigenvalue weighted by Crippen LogP contribution is -2.41. The fourth-order valence-electron chi connectivity index (χ4n) is 3.33. The van der Waals surface area contributed by atoms with Crippen molar-refractivity contribution in [1.82, 2.24) is 19.5 Å². The van der Waals surface area contributed by atoms with Crippen molar-refractivity contribution in [2.75, 3.05) is 40.3 Å². The summed E-state index contributed by atoms with van der Waals surface area (Å²) in [7, 11) is 0.0847. The molecule has 1 aliphatic heterocycles. The highest BCUT2D eigenvalue weighted by molar-refractivity contribution is 7.89. The quantitative estimate of drug-likeness (QED) is 0.718. The first-order chi connectivity index (χ1) is 12.3. The number of aromatic nitrogens is 2. The van der Waals surface area contributed by atoms with Crippen LogP contribution in [0, 0.1) is 13.8 Å². The van der Waals surface area contributed by atoms with Crippen molar-refractivity contribution in [2.45, 2.75) is 37.7 Å². The number of hydrogen-bond acceptors (Lipinski definition) is 7. The van der Waals surface area contributed by atoms with Crippen molar-refractivity contribution in [3.63, 3.8) is 0 Å². The van der Waals surface area contributed by atoms with Gasteiger partial charge in [-0.3, -0.25) is 0 Å². The molecule has 9 heteroatoms. The second kappa shape index (κ2) is 7.59. The number of hydrogen-bond donors (Lipinski definition) is 0. The molecule has 0 amide bonds. The summed E-state index contributed by atoms with van der Waals surface area (Å²) in [6, 6.07) is 1.82. The van der Waals surface area contributed by atoms with Crippen molar-refractivity contribution >= 4 is 21.1 Å². The molecule has 2 heterocycles. The molecule has 1 atom stereocenters. The van der Waals surface area contributed by atoms with Gasteiger partial charge in [-0.25, -0.2) is 13.0 Å². The normalized spacial score (nSPS) is 18.5. The van der Waals surface area contributed by atoms with E-state index >= 15 is 0 Å². The zero-order valence-corrected chi connectivity index (χ0v) is 16.5. The molecule has 144 valence electrons. The Labute approximate surface area is 154 Å². The van der Waals surface area contributed by atoms with E-state index in [1.54, 1.807) is 6.92 Å². The second-order valence-corrected chi connectivity index (χ2v) is 8.98. The highest BCUT2D eigenvalue weighted by Crippen LogP contribution is 2.30. The molecule has 8 nitrogen and oxygen atoms in total. The summed E-state index contributed by atoms with van der Waals surface area (Å²) < 4.78 is 39.1. The average Bonchev–Trinajstić information content (AvgIpc) is 3.22. The third-order valence-electron chi connectivity index (χ3n) is 4.69. The minimum Gasteiger partial charge on any atom is -0.377 e. The first-order valence-corrected chi connectivity index (χ1v) is 10.2. The molecule has 0 bridgehead atoms. The van der Waals surface area contributed by atoms with Gasteiger partial charge in [0.15, 0.2) is 5.52 Å². The monoisotopic (exact) mass is 382 g/mol. The predicted octanol–water partition coefficient (Wildman–Crippen LogP) is 1.57. The Bertz CT molecular complexity index is 872. The topological polar surface area (TPSA) is 88.8 Å². The van der Waals surface area contributed by atoms with Crippen LogP contribution in [0.1, 0.15) is 24.0 Å². The van der Waals surface area contributed by atoms with Crippen molar-refractivity contribution < 1.29 is 17.8 Å². The molecule has 0 aliphatic carbocycles. The van der Waals surface area contributed by atoms with Crippen molar-refractivity contribution in [1.29, 1.82) is 0 Å². The Kier molecular flexibility index (Phi) is 5.61. The molecule has 1 aromatic carbocycles. The lowest BCUT2D eigenvalue weighted by Gasteiger charge is -2.26. The van der Waals surface area contributed by atoms with E-state index in [4.69, 9.17) is 9.37 Å². The summed E-state index contributed by atoms with van der Waals surface area (Å²) in [6.07, 6.45) is 1.78. The number of aryl methyl sites for hydroxylation is 2. The van der Waals surface area contributed by atoms with Gasteiger partial charge in [0.1, 0.15) is 10.4 Å². The van der Waals surface area contributed by atoms with Crippen LogP contribution >= 0.6 is 0 Å². The van der Waals surface area contributed by atoms with Gasteiger partial charge >= 0.3 is 0 Å². The maximum absolute atomic E-state index is 13.5. The summed E-state index contributed by atoms with van der Waals surface area (Å²) in [6.45, 7) is 5.69. The second-order valence-electron chi connectivity index (χ2n) is 7.10. The number of benzene rings is 1. The molecule has 0 spiro atoms. The molecule has 0 saturated carbocycles. The van der Waals surface area contributed by atoms with Crippen molar-refractivity contribution in [3.05, 3.63) is 17.2 Å². The van der Waals surface area contributed by atoms with E-state index in [2.05, 4.69) is 10.3 Å². The molecular weight excluding hydrogens is 356 g/mol. The lowest BCUT2D eigenvalue weighted by atomic mass is 10.1. The molecule has 1 unspecified atom stereocenters. The molecule has 1 fully saturated rings. The number of ether oxygens (including phenoxy) is 1. The third-order valence-corrected chi connectivity index (χ3v) is 6.74. The highest BCUT2D eigenvalue weighted by atomic mass is 32.2. The SMILES string of the molecule is Cc1cc(C)c2nonc2c1S(=O)(=O)N(CCN(C)C)CC1CCCO1. The molecule has 0 N–H and O–H groups in total. The molecule has 0 radical (unpaired) electrons. The van der Waals surface area contributed by atoms with E-state index in [0.29, 0.717) is 42.8 Å². The van der Waals surface area contributed by atoms with E-state index in [1.165, 1.54) is 4.31 Å². The van der Waals surface area contributed by atoms with Crippen LogP contribution in [-0.4, -0.2) is 74.4 Å². The maximum Gasteiger partial charge on any atom is 0.245 e. The summed E-state index contributed by atoms with van der Waals surface area (Å²) >= 11 is 0. The number of sulfonamides is 1. The van der Waals surface area contributed by atoms with Crippen LogP contribution in [0.3, 0.4) is 0 Å². The van der Waals surface area contributed by atoms with E-state index in [-0.39, 0.29) is 11.0 Å². The molecule has 1 aromatic heterocycles. The molecule has 26 heavy (non-hydrogen) atoms. The fraction of sp³-hybridized carbons (Fsp3) is 0.647. The maximum atomic E-state index is 13.5. The number of likely N-dealkylation sites (N-methyl/N-ethyl adjacent to an activating group) is 1. The summed E-state index contributed by atoms with van der Waals surface area (Å²) in [5.41, 5.74) is 2.27. The van der Waals surface area contributed by atoms with Crippen LogP contribution in [0.15, 0.2) is 15.6 Å². The number of nitrogens with zero attached hydrogens (tertiary/aromatic N) is 4. The fourth-order valence-corrected chi connectivity index (χ4v) is 5.12. The molecule has 3 rings (SSSR count). The van der Waals surface area contributed by atoms with Gasteiger partial charge in [-0.15, -0.1) is 0 Å². The Hall–Kier alpha value is -1.55. The van der Waals surface area contributed by atoms with Gasteiger partial charge in [0.05, 0.1) is 6.10 Å². The van der Waals surface area contributed by atoms with Gasteiger partial charge in [0.25, 0.3) is 0 Å². The van der Waals surface area contributed by atoms with Crippen LogP contribution in [0.4, 0.5) is 0 Å². The van der Waals surface area contributed by atoms with Gasteiger partial charge in [-0.05, 0) is 62.2 Å². The summed E-state index contributed by atoms with van der Waals surface area (Å²) in [4.78, 5) is 2.14. The van der Waals surface area contributed by atoms with E-state index in [1.807, 2.05) is 32.0 Å². The first-order valence-electron chi connectivity index (χ1n) is 8.79. The zero-order chi connectivity index (χ0) is 18.9. The van der Waals surface area contributed by atoms with Crippen LogP contribution in [-0.2, 0) is 14.8 Å². The molecule has 1 aliphatic rings. The van der Waals surface area contributed by atoms with Gasteiger partial charge in [0, 0.05) is 26.2 Å². The zero-order valence-electron chi connectivity index (χ0n) is 15.7. The summed E-state index contributed by atoms with van der Waals surface area (Å²) in [5.74, 6) is 0. The number of fused-ring (bicyclic) bond motifs is 1. The highest BCUT2D eigenvalue weighted by Gasteiger charge is 2.33. The summed E-state index contributed by atoms with van der Waals surface area (Å²) in [5, 5.41) is 7.75. The van der Waals surface area contributed by atoms with Gasteiger partial charge in [0.2, 0.25) is 10.0 Å². The Morgan fingerprint density at radius 2 is 1.88 bits per heavy atom. The van der Waals surface area contributed by atoms with Crippen LogP contribution < -0.4 is 0 Å². The van der Waals surface area contributed by atoms with Crippen LogP contribution in [0.5, 0.6) is 0 Å². The van der Waals surface area contributed by atoms with Gasteiger partial charge in [-0.1, -0.05) is 6.07 Å². The van der Waals surface area contributed by atoms with E-state index < -0.39 is 10.0 Å². The van der Waals surface area contributed by atoms with Gasteiger partial charge in [-0.2, -0.15) is 4.31 Å². The van der Waals surface area contributed by atoms with Crippen LogP contribution in [0.25, 0.3) is 11.0 Å². The standard InChI is InChI=1S/C17H26N4O4S/c1-12-10-13(2)17(16-15(12)18-25-19-16)26(22,23)21(8-7-20(3)4)11-14-6-5-9-24-14/h10,14H,5-9,11H2,1-4H3. The predicted molar refractivity (Wildman–Crippen MR) is 97.6 cm³/mol. The molecular formula is C17H26N4O4S. The Morgan fingerprint density at radius 3 is 2.54 bits per heavy atom. The van der Waals surface area contributed by atoms with Crippen molar-refractivity contribution in [2.24, 2.45) is 0 Å². The minimum absolute atomic E-state index is 0.0661. The number of rotatable bonds is 7. The average molecular weight is 382 g/mol. The minimum atomic E-state index is -3.76. The Morgan fingerprint density at radius 1 is 1.15 bits per heavy atom. The molecule has 2 aromatic rings. The van der Waals surface area contributed by atoms with E-state index in [9.17, 15) is 8.42 Å². The third kappa shape index (κ3) is 3.75. The molecule has 1 saturated heterocycles. The first kappa shape index (κ1) is 19.2.